The summed E-state index contributed by atoms with van der Waals surface area (Å²) in [5, 5.41) is 13.5. The average molecular weight is 411 g/mol. The third-order valence-electron chi connectivity index (χ3n) is 6.13. The van der Waals surface area contributed by atoms with E-state index in [0.29, 0.717) is 30.5 Å². The zero-order valence-corrected chi connectivity index (χ0v) is 18.2. The van der Waals surface area contributed by atoms with Crippen LogP contribution >= 0.6 is 0 Å². The topological polar surface area (TPSA) is 88.9 Å². The molecule has 1 aromatic carbocycles. The predicted molar refractivity (Wildman–Crippen MR) is 116 cm³/mol. The second kappa shape index (κ2) is 8.65. The van der Waals surface area contributed by atoms with Gasteiger partial charge in [0.05, 0.1) is 13.2 Å². The molecular weight excluding hydrogens is 380 g/mol. The number of rotatable bonds is 6. The Morgan fingerprint density at radius 3 is 2.73 bits per heavy atom. The Balaban J connectivity index is 1.85. The predicted octanol–water partition coefficient (Wildman–Crippen LogP) is 2.60. The normalized spacial score (nSPS) is 16.9. The number of likely N-dealkylation sites (tertiary alicyclic amines) is 1. The summed E-state index contributed by atoms with van der Waals surface area (Å²) < 4.78 is 6.99. The van der Waals surface area contributed by atoms with Gasteiger partial charge in [-0.2, -0.15) is 0 Å². The molecule has 3 aromatic rings. The zero-order chi connectivity index (χ0) is 21.3. The maximum Gasteiger partial charge on any atom is 0.253 e. The monoisotopic (exact) mass is 410 g/mol. The SMILES string of the molecule is COCCn1nnnc1[C@H](c1cc2c(C)cc(C)cc2[nH]c1=O)N1CCC(C)CC1. The molecule has 0 bridgehead atoms. The Morgan fingerprint density at radius 1 is 1.23 bits per heavy atom. The first-order chi connectivity index (χ1) is 14.5. The minimum atomic E-state index is -0.293. The van der Waals surface area contributed by atoms with E-state index in [2.05, 4.69) is 45.3 Å². The van der Waals surface area contributed by atoms with Crippen LogP contribution < -0.4 is 5.56 Å². The number of pyridine rings is 1. The Kier molecular flexibility index (Phi) is 5.97. The molecule has 0 amide bonds. The number of nitrogens with one attached hydrogen (secondary N) is 1. The lowest BCUT2D eigenvalue weighted by Gasteiger charge is -2.35. The van der Waals surface area contributed by atoms with Crippen molar-refractivity contribution in [3.63, 3.8) is 0 Å². The van der Waals surface area contributed by atoms with E-state index in [0.717, 1.165) is 48.0 Å². The summed E-state index contributed by atoms with van der Waals surface area (Å²) in [4.78, 5) is 18.7. The second-order valence-corrected chi connectivity index (χ2v) is 8.47. The number of piperidine rings is 1. The Morgan fingerprint density at radius 2 is 2.00 bits per heavy atom. The van der Waals surface area contributed by atoms with Crippen LogP contribution in [0.15, 0.2) is 23.0 Å². The van der Waals surface area contributed by atoms with Crippen LogP contribution in [0.25, 0.3) is 10.9 Å². The van der Waals surface area contributed by atoms with E-state index < -0.39 is 0 Å². The molecule has 1 saturated heterocycles. The molecule has 0 saturated carbocycles. The van der Waals surface area contributed by atoms with Crippen molar-refractivity contribution in [2.45, 2.75) is 46.2 Å². The highest BCUT2D eigenvalue weighted by molar-refractivity contribution is 5.83. The van der Waals surface area contributed by atoms with E-state index in [9.17, 15) is 4.79 Å². The van der Waals surface area contributed by atoms with E-state index in [1.807, 2.05) is 19.1 Å². The van der Waals surface area contributed by atoms with Gasteiger partial charge in [0.1, 0.15) is 6.04 Å². The standard InChI is InChI=1S/C22H30N6O2/c1-14-5-7-27(8-6-14)20(21-24-25-26-28(21)9-10-30-4)18-13-17-16(3)11-15(2)12-19(17)23-22(18)29/h11-14,20H,5-10H2,1-4H3,(H,23,29)/t20-/m0/s1. The molecular formula is C22H30N6O2. The molecule has 30 heavy (non-hydrogen) atoms. The molecule has 2 aromatic heterocycles. The zero-order valence-electron chi connectivity index (χ0n) is 18.2. The number of tetrazole rings is 1. The van der Waals surface area contributed by atoms with E-state index in [-0.39, 0.29) is 11.6 Å². The number of methoxy groups -OCH3 is 1. The molecule has 8 heteroatoms. The van der Waals surface area contributed by atoms with Crippen molar-refractivity contribution in [2.75, 3.05) is 26.8 Å². The largest absolute Gasteiger partial charge is 0.383 e. The number of aromatic nitrogens is 5. The summed E-state index contributed by atoms with van der Waals surface area (Å²) in [6.07, 6.45) is 2.19. The Hall–Kier alpha value is -2.58. The number of fused-ring (bicyclic) bond motifs is 1. The van der Waals surface area contributed by atoms with Crippen LogP contribution in [0.3, 0.4) is 0 Å². The summed E-state index contributed by atoms with van der Waals surface area (Å²) in [7, 11) is 1.66. The minimum absolute atomic E-state index is 0.0857. The van der Waals surface area contributed by atoms with Crippen molar-refractivity contribution in [3.8, 4) is 0 Å². The van der Waals surface area contributed by atoms with E-state index in [1.54, 1.807) is 11.8 Å². The number of hydrogen-bond acceptors (Lipinski definition) is 6. The van der Waals surface area contributed by atoms with Gasteiger partial charge in [0.15, 0.2) is 5.82 Å². The van der Waals surface area contributed by atoms with Crippen LogP contribution in [0.1, 0.15) is 48.3 Å². The average Bonchev–Trinajstić information content (AvgIpc) is 3.16. The first-order valence-corrected chi connectivity index (χ1v) is 10.6. The van der Waals surface area contributed by atoms with Gasteiger partial charge in [0.2, 0.25) is 0 Å². The fraction of sp³-hybridized carbons (Fsp3) is 0.545. The van der Waals surface area contributed by atoms with Gasteiger partial charge in [0, 0.05) is 23.6 Å². The van der Waals surface area contributed by atoms with Gasteiger partial charge in [-0.1, -0.05) is 13.0 Å². The molecule has 0 radical (unpaired) electrons. The molecule has 1 aliphatic heterocycles. The molecule has 8 nitrogen and oxygen atoms in total. The number of ether oxygens (including phenoxy) is 1. The number of benzene rings is 1. The van der Waals surface area contributed by atoms with Crippen molar-refractivity contribution in [1.29, 1.82) is 0 Å². The molecule has 1 atom stereocenters. The minimum Gasteiger partial charge on any atom is -0.383 e. The van der Waals surface area contributed by atoms with Gasteiger partial charge in [-0.3, -0.25) is 9.69 Å². The Labute approximate surface area is 176 Å². The molecule has 1 N–H and O–H groups in total. The lowest BCUT2D eigenvalue weighted by Crippen LogP contribution is -2.40. The van der Waals surface area contributed by atoms with Crippen LogP contribution in [0.4, 0.5) is 0 Å². The fourth-order valence-corrected chi connectivity index (χ4v) is 4.42. The highest BCUT2D eigenvalue weighted by Gasteiger charge is 2.32. The number of nitrogens with zero attached hydrogens (tertiary/aromatic N) is 5. The maximum absolute atomic E-state index is 13.2. The molecule has 1 aliphatic rings. The molecule has 1 fully saturated rings. The summed E-state index contributed by atoms with van der Waals surface area (Å²) >= 11 is 0. The quantitative estimate of drug-likeness (QED) is 0.672. The van der Waals surface area contributed by atoms with Crippen LogP contribution in [0, 0.1) is 19.8 Å². The fourth-order valence-electron chi connectivity index (χ4n) is 4.42. The maximum atomic E-state index is 13.2. The van der Waals surface area contributed by atoms with Gasteiger partial charge in [-0.05, 0) is 79.4 Å². The third-order valence-corrected chi connectivity index (χ3v) is 6.13. The highest BCUT2D eigenvalue weighted by Crippen LogP contribution is 2.31. The smallest absolute Gasteiger partial charge is 0.253 e. The van der Waals surface area contributed by atoms with Crippen LogP contribution in [-0.2, 0) is 11.3 Å². The van der Waals surface area contributed by atoms with Crippen LogP contribution in [0.2, 0.25) is 0 Å². The van der Waals surface area contributed by atoms with Gasteiger partial charge in [0.25, 0.3) is 5.56 Å². The van der Waals surface area contributed by atoms with Gasteiger partial charge in [-0.15, -0.1) is 5.10 Å². The second-order valence-electron chi connectivity index (χ2n) is 8.47. The number of hydrogen-bond donors (Lipinski definition) is 1. The Bertz CT molecular complexity index is 1080. The molecule has 0 aliphatic carbocycles. The number of aromatic amines is 1. The number of H-pyrrole nitrogens is 1. The van der Waals surface area contributed by atoms with E-state index in [4.69, 9.17) is 4.74 Å². The van der Waals surface area contributed by atoms with Crippen LogP contribution in [-0.4, -0.2) is 56.9 Å². The van der Waals surface area contributed by atoms with Crippen molar-refractivity contribution in [3.05, 3.63) is 51.1 Å². The number of aryl methyl sites for hydroxylation is 2. The van der Waals surface area contributed by atoms with Crippen LogP contribution in [0.5, 0.6) is 0 Å². The van der Waals surface area contributed by atoms with E-state index >= 15 is 0 Å². The van der Waals surface area contributed by atoms with Gasteiger partial charge >= 0.3 is 0 Å². The summed E-state index contributed by atoms with van der Waals surface area (Å²) in [6, 6.07) is 5.90. The van der Waals surface area contributed by atoms with Crippen molar-refractivity contribution < 1.29 is 4.74 Å². The molecule has 3 heterocycles. The van der Waals surface area contributed by atoms with Gasteiger partial charge in [-0.25, -0.2) is 4.68 Å². The highest BCUT2D eigenvalue weighted by atomic mass is 16.5. The summed E-state index contributed by atoms with van der Waals surface area (Å²) in [6.45, 7) is 9.28. The summed E-state index contributed by atoms with van der Waals surface area (Å²) in [5.41, 5.74) is 3.75. The third kappa shape index (κ3) is 4.02. The molecule has 160 valence electrons. The summed E-state index contributed by atoms with van der Waals surface area (Å²) in [5.74, 6) is 1.38. The molecule has 0 spiro atoms. The van der Waals surface area contributed by atoms with Gasteiger partial charge < -0.3 is 9.72 Å². The lowest BCUT2D eigenvalue weighted by molar-refractivity contribution is 0.144. The van der Waals surface area contributed by atoms with E-state index in [1.165, 1.54) is 0 Å². The first-order valence-electron chi connectivity index (χ1n) is 10.6. The molecule has 0 unspecified atom stereocenters. The van der Waals surface area contributed by atoms with Crippen molar-refractivity contribution >= 4 is 10.9 Å². The van der Waals surface area contributed by atoms with Crippen molar-refractivity contribution in [2.24, 2.45) is 5.92 Å². The lowest BCUT2D eigenvalue weighted by atomic mass is 9.94. The first kappa shape index (κ1) is 20.7. The molecule has 4 rings (SSSR count). The van der Waals surface area contributed by atoms with Crippen molar-refractivity contribution in [1.82, 2.24) is 30.1 Å².